The highest BCUT2D eigenvalue weighted by Gasteiger charge is 2.35. The fourth-order valence-corrected chi connectivity index (χ4v) is 3.53. The summed E-state index contributed by atoms with van der Waals surface area (Å²) in [5, 5.41) is 22.7. The summed E-state index contributed by atoms with van der Waals surface area (Å²) in [6.45, 7) is 1.47. The van der Waals surface area contributed by atoms with Crippen LogP contribution in [0.3, 0.4) is 0 Å². The molecule has 9 heteroatoms. The number of carbonyl (C=O) groups excluding carboxylic acids is 2. The van der Waals surface area contributed by atoms with Crippen molar-refractivity contribution in [2.24, 2.45) is 0 Å². The molecule has 1 N–H and O–H groups in total. The molecule has 2 rings (SSSR count). The highest BCUT2D eigenvalue weighted by atomic mass is 32.2. The highest BCUT2D eigenvalue weighted by Crippen LogP contribution is 2.27. The average Bonchev–Trinajstić information content (AvgIpc) is 2.67. The molecule has 1 aliphatic rings. The third-order valence-corrected chi connectivity index (χ3v) is 5.35. The first-order chi connectivity index (χ1) is 12.8. The number of nitrogens with one attached hydrogen (secondary N) is 1. The molecule has 1 amide bonds. The van der Waals surface area contributed by atoms with Crippen LogP contribution in [0.4, 0.5) is 5.69 Å². The Kier molecular flexibility index (Phi) is 7.19. The number of nitro benzene ring substituents is 1. The van der Waals surface area contributed by atoms with E-state index in [9.17, 15) is 25.0 Å². The normalized spacial score (nSPS) is 16.6. The minimum absolute atomic E-state index is 0.0265. The van der Waals surface area contributed by atoms with E-state index in [2.05, 4.69) is 11.4 Å². The van der Waals surface area contributed by atoms with Crippen LogP contribution in [0.15, 0.2) is 29.2 Å². The molecule has 1 atom stereocenters. The Bertz CT molecular complexity index is 738. The average molecular weight is 391 g/mol. The predicted molar refractivity (Wildman–Crippen MR) is 98.9 cm³/mol. The zero-order valence-corrected chi connectivity index (χ0v) is 15.8. The maximum atomic E-state index is 12.3. The van der Waals surface area contributed by atoms with Crippen LogP contribution in [0.25, 0.3) is 0 Å². The fraction of sp³-hybridized carbons (Fsp3) is 0.500. The minimum atomic E-state index is -0.998. The van der Waals surface area contributed by atoms with Crippen molar-refractivity contribution in [3.05, 3.63) is 34.4 Å². The number of nitriles is 1. The number of benzene rings is 1. The summed E-state index contributed by atoms with van der Waals surface area (Å²) < 4.78 is 5.14. The van der Waals surface area contributed by atoms with Gasteiger partial charge >= 0.3 is 5.97 Å². The van der Waals surface area contributed by atoms with E-state index in [1.165, 1.54) is 19.1 Å². The molecule has 0 aliphatic heterocycles. The molecule has 27 heavy (non-hydrogen) atoms. The topological polar surface area (TPSA) is 122 Å². The second kappa shape index (κ2) is 9.37. The summed E-state index contributed by atoms with van der Waals surface area (Å²) in [6.07, 6.45) is 3.02. The van der Waals surface area contributed by atoms with E-state index in [1.807, 2.05) is 0 Å². The first kappa shape index (κ1) is 20.7. The van der Waals surface area contributed by atoms with Crippen LogP contribution in [0.2, 0.25) is 0 Å². The standard InChI is InChI=1S/C18H21N3O5S/c1-13(17(23)20-18(12-19)9-3-2-4-10-18)26-16(22)11-27-15-7-5-14(6-8-15)21(24)25/h5-8,13H,2-4,9-11H2,1H3,(H,20,23)/t13-/m0/s1. The van der Waals surface area contributed by atoms with Gasteiger partial charge in [-0.15, -0.1) is 11.8 Å². The summed E-state index contributed by atoms with van der Waals surface area (Å²) in [7, 11) is 0. The van der Waals surface area contributed by atoms with E-state index in [0.29, 0.717) is 17.7 Å². The van der Waals surface area contributed by atoms with Crippen molar-refractivity contribution in [1.29, 1.82) is 5.26 Å². The molecule has 0 unspecified atom stereocenters. The van der Waals surface area contributed by atoms with E-state index < -0.39 is 28.4 Å². The van der Waals surface area contributed by atoms with E-state index >= 15 is 0 Å². The number of nitrogens with zero attached hydrogens (tertiary/aromatic N) is 2. The maximum absolute atomic E-state index is 12.3. The maximum Gasteiger partial charge on any atom is 0.317 e. The molecular weight excluding hydrogens is 370 g/mol. The number of hydrogen-bond donors (Lipinski definition) is 1. The van der Waals surface area contributed by atoms with Gasteiger partial charge in [0, 0.05) is 17.0 Å². The molecule has 144 valence electrons. The number of ether oxygens (including phenoxy) is 1. The van der Waals surface area contributed by atoms with Gasteiger partial charge in [0.2, 0.25) is 0 Å². The van der Waals surface area contributed by atoms with Crippen molar-refractivity contribution in [1.82, 2.24) is 5.32 Å². The Labute approximate surface area is 161 Å². The largest absolute Gasteiger partial charge is 0.452 e. The molecule has 1 aromatic carbocycles. The monoisotopic (exact) mass is 391 g/mol. The molecule has 1 aliphatic carbocycles. The first-order valence-corrected chi connectivity index (χ1v) is 9.64. The second-order valence-corrected chi connectivity index (χ2v) is 7.46. The smallest absolute Gasteiger partial charge is 0.317 e. The van der Waals surface area contributed by atoms with Crippen LogP contribution in [-0.2, 0) is 14.3 Å². The Morgan fingerprint density at radius 2 is 1.96 bits per heavy atom. The van der Waals surface area contributed by atoms with Crippen LogP contribution in [0, 0.1) is 21.4 Å². The summed E-state index contributed by atoms with van der Waals surface area (Å²) in [6, 6.07) is 8.00. The molecule has 8 nitrogen and oxygen atoms in total. The lowest BCUT2D eigenvalue weighted by molar-refractivity contribution is -0.384. The third-order valence-electron chi connectivity index (χ3n) is 4.37. The van der Waals surface area contributed by atoms with Crippen molar-refractivity contribution >= 4 is 29.3 Å². The zero-order valence-electron chi connectivity index (χ0n) is 15.0. The number of nitro groups is 1. The van der Waals surface area contributed by atoms with Crippen LogP contribution in [0.5, 0.6) is 0 Å². The van der Waals surface area contributed by atoms with E-state index in [0.717, 1.165) is 31.0 Å². The number of hydrogen-bond acceptors (Lipinski definition) is 7. The Morgan fingerprint density at radius 3 is 2.52 bits per heavy atom. The van der Waals surface area contributed by atoms with Gasteiger partial charge in [-0.1, -0.05) is 19.3 Å². The van der Waals surface area contributed by atoms with Gasteiger partial charge in [-0.3, -0.25) is 19.7 Å². The Morgan fingerprint density at radius 1 is 1.33 bits per heavy atom. The van der Waals surface area contributed by atoms with Gasteiger partial charge in [0.25, 0.3) is 11.6 Å². The first-order valence-electron chi connectivity index (χ1n) is 8.65. The van der Waals surface area contributed by atoms with Gasteiger partial charge in [0.15, 0.2) is 6.10 Å². The number of rotatable bonds is 7. The predicted octanol–water partition coefficient (Wildman–Crippen LogP) is 2.96. The van der Waals surface area contributed by atoms with Gasteiger partial charge in [0.1, 0.15) is 5.54 Å². The number of non-ortho nitro benzene ring substituents is 1. The molecule has 0 saturated heterocycles. The van der Waals surface area contributed by atoms with E-state index in [1.54, 1.807) is 12.1 Å². The molecule has 0 radical (unpaired) electrons. The Hall–Kier alpha value is -2.60. The summed E-state index contributed by atoms with van der Waals surface area (Å²) in [5.74, 6) is -1.08. The number of amides is 1. The van der Waals surface area contributed by atoms with Crippen molar-refractivity contribution in [3.63, 3.8) is 0 Å². The van der Waals surface area contributed by atoms with Crippen molar-refractivity contribution < 1.29 is 19.2 Å². The lowest BCUT2D eigenvalue weighted by atomic mass is 9.83. The highest BCUT2D eigenvalue weighted by molar-refractivity contribution is 8.00. The Balaban J connectivity index is 1.81. The summed E-state index contributed by atoms with van der Waals surface area (Å²) >= 11 is 1.16. The molecule has 1 saturated carbocycles. The zero-order chi connectivity index (χ0) is 19.9. The SMILES string of the molecule is C[C@H](OC(=O)CSc1ccc([N+](=O)[O-])cc1)C(=O)NC1(C#N)CCCCC1. The van der Waals surface area contributed by atoms with Crippen LogP contribution >= 0.6 is 11.8 Å². The van der Waals surface area contributed by atoms with E-state index in [-0.39, 0.29) is 11.4 Å². The van der Waals surface area contributed by atoms with Gasteiger partial charge in [-0.05, 0) is 31.9 Å². The lowest BCUT2D eigenvalue weighted by Crippen LogP contribution is -2.52. The molecule has 0 aromatic heterocycles. The van der Waals surface area contributed by atoms with Gasteiger partial charge < -0.3 is 10.1 Å². The second-order valence-electron chi connectivity index (χ2n) is 6.42. The summed E-state index contributed by atoms with van der Waals surface area (Å²) in [5.41, 5.74) is -0.898. The van der Waals surface area contributed by atoms with Crippen LogP contribution < -0.4 is 5.32 Å². The molecule has 1 aromatic rings. The van der Waals surface area contributed by atoms with E-state index in [4.69, 9.17) is 4.74 Å². The van der Waals surface area contributed by atoms with Gasteiger partial charge in [0.05, 0.1) is 16.7 Å². The molecule has 0 spiro atoms. The van der Waals surface area contributed by atoms with Crippen LogP contribution in [-0.4, -0.2) is 34.2 Å². The molecule has 0 bridgehead atoms. The molecule has 0 heterocycles. The van der Waals surface area contributed by atoms with Crippen molar-refractivity contribution in [2.75, 3.05) is 5.75 Å². The molecular formula is C18H21N3O5S. The van der Waals surface area contributed by atoms with Gasteiger partial charge in [-0.25, -0.2) is 0 Å². The number of thioether (sulfide) groups is 1. The van der Waals surface area contributed by atoms with Crippen LogP contribution in [0.1, 0.15) is 39.0 Å². The minimum Gasteiger partial charge on any atom is -0.452 e. The third kappa shape index (κ3) is 5.96. The number of carbonyl (C=O) groups is 2. The lowest BCUT2D eigenvalue weighted by Gasteiger charge is -2.32. The van der Waals surface area contributed by atoms with Gasteiger partial charge in [-0.2, -0.15) is 5.26 Å². The summed E-state index contributed by atoms with van der Waals surface area (Å²) in [4.78, 5) is 35.0. The van der Waals surface area contributed by atoms with Crippen molar-refractivity contribution in [3.8, 4) is 6.07 Å². The van der Waals surface area contributed by atoms with Crippen molar-refractivity contribution in [2.45, 2.75) is 55.6 Å². The fourth-order valence-electron chi connectivity index (χ4n) is 2.85. The number of esters is 1. The quantitative estimate of drug-likeness (QED) is 0.328. The molecule has 1 fully saturated rings.